The highest BCUT2D eigenvalue weighted by Gasteiger charge is 2.31. The SMILES string of the molecule is CC(C)(C)c1ccc(NC2=C(Cl)C(=O)c3ccccc3C2=O)cc1. The molecule has 0 unspecified atom stereocenters. The monoisotopic (exact) mass is 339 g/mol. The number of benzene rings is 2. The van der Waals surface area contributed by atoms with E-state index in [1.807, 2.05) is 24.3 Å². The van der Waals surface area contributed by atoms with Crippen molar-refractivity contribution in [2.75, 3.05) is 5.32 Å². The summed E-state index contributed by atoms with van der Waals surface area (Å²) in [7, 11) is 0. The number of rotatable bonds is 2. The van der Waals surface area contributed by atoms with Crippen molar-refractivity contribution >= 4 is 28.9 Å². The summed E-state index contributed by atoms with van der Waals surface area (Å²) in [4.78, 5) is 25.0. The van der Waals surface area contributed by atoms with E-state index in [1.54, 1.807) is 24.3 Å². The van der Waals surface area contributed by atoms with Gasteiger partial charge in [0.25, 0.3) is 0 Å². The van der Waals surface area contributed by atoms with Gasteiger partial charge in [-0.15, -0.1) is 0 Å². The zero-order chi connectivity index (χ0) is 17.5. The maximum Gasteiger partial charge on any atom is 0.211 e. The zero-order valence-corrected chi connectivity index (χ0v) is 14.6. The smallest absolute Gasteiger partial charge is 0.211 e. The van der Waals surface area contributed by atoms with Crippen molar-refractivity contribution in [1.29, 1.82) is 0 Å². The second-order valence-corrected chi connectivity index (χ2v) is 7.22. The average molecular weight is 340 g/mol. The van der Waals surface area contributed by atoms with Gasteiger partial charge in [-0.25, -0.2) is 0 Å². The minimum atomic E-state index is -0.333. The third kappa shape index (κ3) is 2.87. The Morgan fingerprint density at radius 1 is 0.833 bits per heavy atom. The number of ketones is 2. The Kier molecular flexibility index (Phi) is 4.06. The van der Waals surface area contributed by atoms with Gasteiger partial charge in [-0.3, -0.25) is 9.59 Å². The molecule has 0 aromatic heterocycles. The molecule has 2 aromatic rings. The van der Waals surface area contributed by atoms with Gasteiger partial charge in [0.1, 0.15) is 10.7 Å². The number of anilines is 1. The van der Waals surface area contributed by atoms with Crippen molar-refractivity contribution in [1.82, 2.24) is 0 Å². The number of hydrogen-bond acceptors (Lipinski definition) is 3. The van der Waals surface area contributed by atoms with Crippen LogP contribution in [-0.4, -0.2) is 11.6 Å². The van der Waals surface area contributed by atoms with Crippen LogP contribution in [0.1, 0.15) is 47.1 Å². The molecule has 0 atom stereocenters. The Hall–Kier alpha value is -2.39. The van der Waals surface area contributed by atoms with Crippen LogP contribution in [0.15, 0.2) is 59.3 Å². The van der Waals surface area contributed by atoms with Crippen LogP contribution in [0.3, 0.4) is 0 Å². The molecule has 0 spiro atoms. The summed E-state index contributed by atoms with van der Waals surface area (Å²) < 4.78 is 0. The average Bonchev–Trinajstić information content (AvgIpc) is 2.56. The van der Waals surface area contributed by atoms with Gasteiger partial charge in [-0.05, 0) is 23.1 Å². The van der Waals surface area contributed by atoms with E-state index >= 15 is 0 Å². The first-order valence-corrected chi connectivity index (χ1v) is 8.12. The van der Waals surface area contributed by atoms with E-state index in [9.17, 15) is 9.59 Å². The van der Waals surface area contributed by atoms with Crippen LogP contribution < -0.4 is 5.32 Å². The Morgan fingerprint density at radius 3 is 1.92 bits per heavy atom. The summed E-state index contributed by atoms with van der Waals surface area (Å²) in [5, 5.41) is 2.94. The normalized spacial score (nSPS) is 14.7. The fraction of sp³-hybridized carbons (Fsp3) is 0.200. The molecule has 0 radical (unpaired) electrons. The third-order valence-corrected chi connectivity index (χ3v) is 4.44. The summed E-state index contributed by atoms with van der Waals surface area (Å²) >= 11 is 6.16. The Balaban J connectivity index is 1.94. The molecule has 2 aromatic carbocycles. The first-order chi connectivity index (χ1) is 11.3. The number of allylic oxidation sites excluding steroid dienone is 2. The van der Waals surface area contributed by atoms with Gasteiger partial charge in [0.2, 0.25) is 11.6 Å². The lowest BCUT2D eigenvalue weighted by Crippen LogP contribution is -2.24. The van der Waals surface area contributed by atoms with Crippen LogP contribution in [0.2, 0.25) is 0 Å². The Morgan fingerprint density at radius 2 is 1.38 bits per heavy atom. The third-order valence-electron chi connectivity index (χ3n) is 4.08. The van der Waals surface area contributed by atoms with Gasteiger partial charge < -0.3 is 5.32 Å². The van der Waals surface area contributed by atoms with E-state index in [4.69, 9.17) is 11.6 Å². The molecule has 0 saturated heterocycles. The Bertz CT molecular complexity index is 858. The number of Topliss-reactive ketones (excluding diaryl/α,β-unsaturated/α-hetero) is 2. The molecule has 0 heterocycles. The number of nitrogens with one attached hydrogen (secondary N) is 1. The lowest BCUT2D eigenvalue weighted by molar-refractivity contribution is 0.0982. The topological polar surface area (TPSA) is 46.2 Å². The van der Waals surface area contributed by atoms with E-state index in [1.165, 1.54) is 5.56 Å². The number of carbonyl (C=O) groups excluding carboxylic acids is 2. The highest BCUT2D eigenvalue weighted by Crippen LogP contribution is 2.30. The molecule has 0 saturated carbocycles. The van der Waals surface area contributed by atoms with Crippen molar-refractivity contribution < 1.29 is 9.59 Å². The molecule has 1 aliphatic carbocycles. The molecule has 3 rings (SSSR count). The summed E-state index contributed by atoms with van der Waals surface area (Å²) in [5.41, 5.74) is 2.80. The summed E-state index contributed by atoms with van der Waals surface area (Å²) in [6.45, 7) is 6.40. The minimum Gasteiger partial charge on any atom is -0.351 e. The summed E-state index contributed by atoms with van der Waals surface area (Å²) in [6, 6.07) is 14.5. The molecule has 0 amide bonds. The highest BCUT2D eigenvalue weighted by molar-refractivity contribution is 6.50. The standard InChI is InChI=1S/C20H18ClNO2/c1-20(2,3)12-8-10-13(11-9-12)22-17-16(21)18(23)14-6-4-5-7-15(14)19(17)24/h4-11,22H,1-3H3. The van der Waals surface area contributed by atoms with Crippen molar-refractivity contribution in [2.24, 2.45) is 0 Å². The predicted molar refractivity (Wildman–Crippen MR) is 96.7 cm³/mol. The van der Waals surface area contributed by atoms with E-state index in [-0.39, 0.29) is 27.7 Å². The molecule has 0 fully saturated rings. The molecule has 4 heteroatoms. The fourth-order valence-corrected chi connectivity index (χ4v) is 2.89. The molecular formula is C20H18ClNO2. The predicted octanol–water partition coefficient (Wildman–Crippen LogP) is 4.93. The molecule has 3 nitrogen and oxygen atoms in total. The highest BCUT2D eigenvalue weighted by atomic mass is 35.5. The number of carbonyl (C=O) groups is 2. The number of fused-ring (bicyclic) bond motifs is 1. The fourth-order valence-electron chi connectivity index (χ4n) is 2.65. The van der Waals surface area contributed by atoms with Gasteiger partial charge in [-0.2, -0.15) is 0 Å². The van der Waals surface area contributed by atoms with Gasteiger partial charge in [0.15, 0.2) is 0 Å². The molecule has 0 bridgehead atoms. The lowest BCUT2D eigenvalue weighted by Gasteiger charge is -2.21. The quantitative estimate of drug-likeness (QED) is 0.844. The van der Waals surface area contributed by atoms with Crippen LogP contribution >= 0.6 is 11.6 Å². The molecule has 1 aliphatic rings. The van der Waals surface area contributed by atoms with Crippen LogP contribution in [0.4, 0.5) is 5.69 Å². The number of halogens is 1. The van der Waals surface area contributed by atoms with Crippen molar-refractivity contribution in [2.45, 2.75) is 26.2 Å². The molecular weight excluding hydrogens is 322 g/mol. The minimum absolute atomic E-state index is 0.0466. The molecule has 0 aliphatic heterocycles. The summed E-state index contributed by atoms with van der Waals surface area (Å²) in [5.74, 6) is -0.601. The number of hydrogen-bond donors (Lipinski definition) is 1. The first kappa shape index (κ1) is 16.5. The maximum atomic E-state index is 12.6. The van der Waals surface area contributed by atoms with Crippen molar-refractivity contribution in [3.05, 3.63) is 76.0 Å². The second-order valence-electron chi connectivity index (χ2n) is 6.85. The molecule has 24 heavy (non-hydrogen) atoms. The van der Waals surface area contributed by atoms with Gasteiger partial charge in [-0.1, -0.05) is 68.8 Å². The van der Waals surface area contributed by atoms with Gasteiger partial charge in [0, 0.05) is 16.8 Å². The van der Waals surface area contributed by atoms with E-state index in [0.29, 0.717) is 11.1 Å². The molecule has 122 valence electrons. The molecule has 1 N–H and O–H groups in total. The van der Waals surface area contributed by atoms with Gasteiger partial charge in [0.05, 0.1) is 0 Å². The zero-order valence-electron chi connectivity index (χ0n) is 13.8. The lowest BCUT2D eigenvalue weighted by atomic mass is 9.87. The van der Waals surface area contributed by atoms with E-state index in [2.05, 4.69) is 26.1 Å². The van der Waals surface area contributed by atoms with Crippen LogP contribution in [-0.2, 0) is 5.41 Å². The largest absolute Gasteiger partial charge is 0.351 e. The van der Waals surface area contributed by atoms with Crippen LogP contribution in [0.5, 0.6) is 0 Å². The van der Waals surface area contributed by atoms with Gasteiger partial charge >= 0.3 is 0 Å². The van der Waals surface area contributed by atoms with Crippen LogP contribution in [0, 0.1) is 0 Å². The second kappa shape index (κ2) is 5.91. The maximum absolute atomic E-state index is 12.6. The van der Waals surface area contributed by atoms with E-state index in [0.717, 1.165) is 5.69 Å². The summed E-state index contributed by atoms with van der Waals surface area (Å²) in [6.07, 6.45) is 0. The van der Waals surface area contributed by atoms with Crippen molar-refractivity contribution in [3.8, 4) is 0 Å². The van der Waals surface area contributed by atoms with E-state index < -0.39 is 0 Å². The van der Waals surface area contributed by atoms with Crippen LogP contribution in [0.25, 0.3) is 0 Å². The first-order valence-electron chi connectivity index (χ1n) is 7.75. The Labute approximate surface area is 146 Å². The van der Waals surface area contributed by atoms with Crippen molar-refractivity contribution in [3.63, 3.8) is 0 Å².